The van der Waals surface area contributed by atoms with E-state index in [1.54, 1.807) is 23.1 Å². The number of allylic oxidation sites excluding steroid dienone is 2. The summed E-state index contributed by atoms with van der Waals surface area (Å²) in [5.41, 5.74) is 3.29. The topological polar surface area (TPSA) is 84.0 Å². The molecule has 7 nitrogen and oxygen atoms in total. The molecule has 3 aliphatic rings. The van der Waals surface area contributed by atoms with Crippen molar-refractivity contribution in [3.63, 3.8) is 0 Å². The summed E-state index contributed by atoms with van der Waals surface area (Å²) >= 11 is 0. The van der Waals surface area contributed by atoms with E-state index in [1.165, 1.54) is 11.0 Å². The predicted molar refractivity (Wildman–Crippen MR) is 126 cm³/mol. The molecule has 3 amide bonds. The standard InChI is InChI=1S/C27H26N2O5/c1-16-7-5-12-23(17(16)2)28-15-18(13-24(28)30)27(33)34-20-9-6-8-19(14-20)29-25(31)21-10-3-4-11-22(21)26(29)32/h3-9,12,14,18,21-22H,10-11,13,15H2,1-2H3/t18-,21+,22+/m1/s1. The summed E-state index contributed by atoms with van der Waals surface area (Å²) in [5.74, 6) is -2.06. The van der Waals surface area contributed by atoms with E-state index in [9.17, 15) is 19.2 Å². The molecular weight excluding hydrogens is 432 g/mol. The fourth-order valence-electron chi connectivity index (χ4n) is 5.07. The van der Waals surface area contributed by atoms with Gasteiger partial charge in [0, 0.05) is 24.7 Å². The molecule has 7 heteroatoms. The Labute approximate surface area is 198 Å². The summed E-state index contributed by atoms with van der Waals surface area (Å²) in [5, 5.41) is 0. The van der Waals surface area contributed by atoms with Crippen LogP contribution in [0.25, 0.3) is 0 Å². The number of carbonyl (C=O) groups is 4. The predicted octanol–water partition coefficient (Wildman–Crippen LogP) is 3.72. The number of carbonyl (C=O) groups excluding carboxylic acids is 4. The van der Waals surface area contributed by atoms with Crippen molar-refractivity contribution in [2.75, 3.05) is 16.3 Å². The Balaban J connectivity index is 1.30. The van der Waals surface area contributed by atoms with Gasteiger partial charge in [0.1, 0.15) is 5.75 Å². The molecule has 2 aromatic carbocycles. The van der Waals surface area contributed by atoms with Gasteiger partial charge in [-0.25, -0.2) is 4.90 Å². The number of hydrogen-bond donors (Lipinski definition) is 0. The number of rotatable bonds is 4. The van der Waals surface area contributed by atoms with Gasteiger partial charge in [-0.2, -0.15) is 0 Å². The Bertz CT molecular complexity index is 1210. The van der Waals surface area contributed by atoms with Crippen LogP contribution in [0.15, 0.2) is 54.6 Å². The van der Waals surface area contributed by atoms with Crippen LogP contribution in [0, 0.1) is 31.6 Å². The smallest absolute Gasteiger partial charge is 0.316 e. The van der Waals surface area contributed by atoms with Crippen LogP contribution in [0.3, 0.4) is 0 Å². The lowest BCUT2D eigenvalue weighted by Gasteiger charge is -2.20. The van der Waals surface area contributed by atoms with Crippen LogP contribution in [0.1, 0.15) is 30.4 Å². The van der Waals surface area contributed by atoms with E-state index in [4.69, 9.17) is 4.74 Å². The molecule has 2 saturated heterocycles. The van der Waals surface area contributed by atoms with E-state index < -0.39 is 11.9 Å². The second-order valence-corrected chi connectivity index (χ2v) is 9.21. The molecule has 0 unspecified atom stereocenters. The molecule has 0 spiro atoms. The number of hydrogen-bond acceptors (Lipinski definition) is 5. The highest BCUT2D eigenvalue weighted by Crippen LogP contribution is 2.38. The molecule has 2 aromatic rings. The van der Waals surface area contributed by atoms with E-state index in [1.807, 2.05) is 44.2 Å². The molecule has 0 radical (unpaired) electrons. The van der Waals surface area contributed by atoms with E-state index >= 15 is 0 Å². The Morgan fingerprint density at radius 3 is 2.32 bits per heavy atom. The normalized spacial score (nSPS) is 24.1. The highest BCUT2D eigenvalue weighted by Gasteiger charge is 2.48. The molecule has 0 saturated carbocycles. The lowest BCUT2D eigenvalue weighted by Crippen LogP contribution is -2.31. The number of fused-ring (bicyclic) bond motifs is 1. The molecule has 34 heavy (non-hydrogen) atoms. The van der Waals surface area contributed by atoms with Crippen LogP contribution >= 0.6 is 0 Å². The van der Waals surface area contributed by atoms with Gasteiger partial charge >= 0.3 is 5.97 Å². The molecular formula is C27H26N2O5. The van der Waals surface area contributed by atoms with Crippen LogP contribution in [0.2, 0.25) is 0 Å². The third-order valence-corrected chi connectivity index (χ3v) is 7.13. The SMILES string of the molecule is Cc1cccc(N2C[C@H](C(=O)Oc3cccc(N4C(=O)[C@H]5CC=CC[C@@H]5C4=O)c3)CC2=O)c1C. The average Bonchev–Trinajstić information content (AvgIpc) is 3.33. The van der Waals surface area contributed by atoms with Crippen molar-refractivity contribution in [3.05, 3.63) is 65.7 Å². The lowest BCUT2D eigenvalue weighted by molar-refractivity contribution is -0.139. The Hall–Kier alpha value is -3.74. The van der Waals surface area contributed by atoms with Gasteiger partial charge < -0.3 is 9.64 Å². The quantitative estimate of drug-likeness (QED) is 0.302. The van der Waals surface area contributed by atoms with Crippen molar-refractivity contribution < 1.29 is 23.9 Å². The number of aryl methyl sites for hydroxylation is 1. The molecule has 0 aromatic heterocycles. The van der Waals surface area contributed by atoms with E-state index in [2.05, 4.69) is 0 Å². The highest BCUT2D eigenvalue weighted by atomic mass is 16.5. The van der Waals surface area contributed by atoms with Crippen LogP contribution in [0.4, 0.5) is 11.4 Å². The third kappa shape index (κ3) is 3.71. The van der Waals surface area contributed by atoms with Crippen molar-refractivity contribution in [1.82, 2.24) is 0 Å². The highest BCUT2D eigenvalue weighted by molar-refractivity contribution is 6.22. The van der Waals surface area contributed by atoms with E-state index in [0.717, 1.165) is 16.8 Å². The monoisotopic (exact) mass is 458 g/mol. The van der Waals surface area contributed by atoms with Crippen molar-refractivity contribution >= 4 is 35.1 Å². The summed E-state index contributed by atoms with van der Waals surface area (Å²) < 4.78 is 5.59. The molecule has 3 atom stereocenters. The van der Waals surface area contributed by atoms with Gasteiger partial charge in [-0.1, -0.05) is 30.4 Å². The second kappa shape index (κ2) is 8.56. The van der Waals surface area contributed by atoms with Gasteiger partial charge in [0.2, 0.25) is 17.7 Å². The summed E-state index contributed by atoms with van der Waals surface area (Å²) in [6.45, 7) is 4.20. The maximum absolute atomic E-state index is 12.9. The molecule has 2 aliphatic heterocycles. The third-order valence-electron chi connectivity index (χ3n) is 7.13. The van der Waals surface area contributed by atoms with Crippen molar-refractivity contribution in [3.8, 4) is 5.75 Å². The second-order valence-electron chi connectivity index (χ2n) is 9.21. The molecule has 2 fully saturated rings. The zero-order chi connectivity index (χ0) is 24.0. The first-order chi connectivity index (χ1) is 16.3. The lowest BCUT2D eigenvalue weighted by atomic mass is 9.85. The molecule has 1 aliphatic carbocycles. The summed E-state index contributed by atoms with van der Waals surface area (Å²) in [4.78, 5) is 54.2. The maximum atomic E-state index is 12.9. The minimum Gasteiger partial charge on any atom is -0.426 e. The Kier molecular flexibility index (Phi) is 5.55. The number of nitrogens with zero attached hydrogens (tertiary/aromatic N) is 2. The Morgan fingerprint density at radius 2 is 1.62 bits per heavy atom. The van der Waals surface area contributed by atoms with Gasteiger partial charge in [-0.3, -0.25) is 19.2 Å². The average molecular weight is 459 g/mol. The van der Waals surface area contributed by atoms with Crippen LogP contribution in [0.5, 0.6) is 5.75 Å². The first kappa shape index (κ1) is 22.1. The fourth-order valence-corrected chi connectivity index (χ4v) is 5.07. The van der Waals surface area contributed by atoms with Crippen molar-refractivity contribution in [1.29, 1.82) is 0 Å². The zero-order valence-corrected chi connectivity index (χ0v) is 19.2. The van der Waals surface area contributed by atoms with Gasteiger partial charge in [0.05, 0.1) is 23.4 Å². The van der Waals surface area contributed by atoms with Crippen LogP contribution in [-0.2, 0) is 19.2 Å². The number of amides is 3. The molecule has 0 N–H and O–H groups in total. The minimum absolute atomic E-state index is 0.0748. The first-order valence-corrected chi connectivity index (χ1v) is 11.6. The molecule has 174 valence electrons. The van der Waals surface area contributed by atoms with Crippen LogP contribution < -0.4 is 14.5 Å². The molecule has 5 rings (SSSR count). The number of ether oxygens (including phenoxy) is 1. The van der Waals surface area contributed by atoms with E-state index in [0.29, 0.717) is 18.5 Å². The Morgan fingerprint density at radius 1 is 0.941 bits per heavy atom. The largest absolute Gasteiger partial charge is 0.426 e. The zero-order valence-electron chi connectivity index (χ0n) is 19.2. The van der Waals surface area contributed by atoms with Crippen molar-refractivity contribution in [2.45, 2.75) is 33.1 Å². The summed E-state index contributed by atoms with van der Waals surface area (Å²) in [6, 6.07) is 12.2. The van der Waals surface area contributed by atoms with Gasteiger partial charge in [-0.05, 0) is 56.0 Å². The number of imide groups is 1. The van der Waals surface area contributed by atoms with Gasteiger partial charge in [0.15, 0.2) is 0 Å². The number of esters is 1. The first-order valence-electron chi connectivity index (χ1n) is 11.6. The summed E-state index contributed by atoms with van der Waals surface area (Å²) in [6.07, 6.45) is 5.09. The molecule has 0 bridgehead atoms. The fraction of sp³-hybridized carbons (Fsp3) is 0.333. The number of benzene rings is 2. The minimum atomic E-state index is -0.597. The summed E-state index contributed by atoms with van der Waals surface area (Å²) in [7, 11) is 0. The van der Waals surface area contributed by atoms with Gasteiger partial charge in [-0.15, -0.1) is 0 Å². The van der Waals surface area contributed by atoms with E-state index in [-0.39, 0.29) is 48.3 Å². The van der Waals surface area contributed by atoms with Gasteiger partial charge in [0.25, 0.3) is 0 Å². The van der Waals surface area contributed by atoms with Crippen molar-refractivity contribution in [2.24, 2.45) is 17.8 Å². The van der Waals surface area contributed by atoms with Crippen LogP contribution in [-0.4, -0.2) is 30.2 Å². The number of anilines is 2. The molecule has 2 heterocycles. The maximum Gasteiger partial charge on any atom is 0.316 e.